The average molecular weight is 448 g/mol. The smallest absolute Gasteiger partial charge is 0.173 e. The number of benzene rings is 3. The van der Waals surface area contributed by atoms with Crippen molar-refractivity contribution in [2.75, 3.05) is 7.11 Å². The van der Waals surface area contributed by atoms with E-state index in [2.05, 4.69) is 46.0 Å². The van der Waals surface area contributed by atoms with Gasteiger partial charge in [0.25, 0.3) is 0 Å². The lowest BCUT2D eigenvalue weighted by molar-refractivity contribution is 0.324. The van der Waals surface area contributed by atoms with Gasteiger partial charge in [0.1, 0.15) is 11.6 Å². The van der Waals surface area contributed by atoms with Crippen LogP contribution >= 0.6 is 0 Å². The molecule has 0 radical (unpaired) electrons. The third-order valence-corrected chi connectivity index (χ3v) is 5.89. The van der Waals surface area contributed by atoms with E-state index in [1.54, 1.807) is 17.9 Å². The number of hydrogen-bond donors (Lipinski definition) is 1. The molecule has 1 N–H and O–H groups in total. The van der Waals surface area contributed by atoms with E-state index in [1.807, 2.05) is 45.0 Å². The van der Waals surface area contributed by atoms with Gasteiger partial charge in [0.2, 0.25) is 0 Å². The highest BCUT2D eigenvalue weighted by atomic mass is 19.1. The van der Waals surface area contributed by atoms with Gasteiger partial charge in [-0.15, -0.1) is 5.10 Å². The van der Waals surface area contributed by atoms with Crippen molar-refractivity contribution in [1.82, 2.24) is 25.5 Å². The molecule has 0 spiro atoms. The SMILES string of the molecule is CCc1ccc(F)cc1C(NCc1c(OC)ccc2ccccc12)c1nnnn1C(C)(C)C. The van der Waals surface area contributed by atoms with Gasteiger partial charge in [-0.25, -0.2) is 9.07 Å². The molecule has 0 saturated heterocycles. The fourth-order valence-corrected chi connectivity index (χ4v) is 4.24. The maximum atomic E-state index is 14.4. The van der Waals surface area contributed by atoms with Gasteiger partial charge in [0.05, 0.1) is 18.7 Å². The minimum absolute atomic E-state index is 0.286. The summed E-state index contributed by atoms with van der Waals surface area (Å²) >= 11 is 0. The summed E-state index contributed by atoms with van der Waals surface area (Å²) in [6.07, 6.45) is 0.766. The molecule has 1 unspecified atom stereocenters. The highest BCUT2D eigenvalue weighted by Gasteiger charge is 2.28. The molecule has 172 valence electrons. The zero-order chi connectivity index (χ0) is 23.6. The summed E-state index contributed by atoms with van der Waals surface area (Å²) in [6, 6.07) is 16.7. The second-order valence-electron chi connectivity index (χ2n) is 9.10. The summed E-state index contributed by atoms with van der Waals surface area (Å²) in [5, 5.41) is 18.4. The van der Waals surface area contributed by atoms with Crippen LogP contribution in [0.3, 0.4) is 0 Å². The molecule has 0 aliphatic rings. The summed E-state index contributed by atoms with van der Waals surface area (Å²) in [5.74, 6) is 1.15. The van der Waals surface area contributed by atoms with Gasteiger partial charge in [-0.05, 0) is 77.7 Å². The number of aryl methyl sites for hydroxylation is 1. The van der Waals surface area contributed by atoms with Crippen molar-refractivity contribution in [3.63, 3.8) is 0 Å². The number of halogens is 1. The maximum Gasteiger partial charge on any atom is 0.173 e. The number of ether oxygens (including phenoxy) is 1. The molecule has 0 amide bonds. The van der Waals surface area contributed by atoms with E-state index in [-0.39, 0.29) is 11.4 Å². The minimum Gasteiger partial charge on any atom is -0.496 e. The summed E-state index contributed by atoms with van der Waals surface area (Å²) in [4.78, 5) is 0. The third kappa shape index (κ3) is 4.59. The summed E-state index contributed by atoms with van der Waals surface area (Å²) in [6.45, 7) is 8.69. The number of nitrogens with one attached hydrogen (secondary N) is 1. The minimum atomic E-state index is -0.409. The molecule has 7 heteroatoms. The van der Waals surface area contributed by atoms with Crippen LogP contribution < -0.4 is 10.1 Å². The lowest BCUT2D eigenvalue weighted by atomic mass is 9.96. The molecular formula is C26H30FN5O. The van der Waals surface area contributed by atoms with Crippen molar-refractivity contribution < 1.29 is 9.13 Å². The first-order chi connectivity index (χ1) is 15.8. The number of hydrogen-bond acceptors (Lipinski definition) is 5. The zero-order valence-electron chi connectivity index (χ0n) is 19.8. The molecule has 0 saturated carbocycles. The van der Waals surface area contributed by atoms with E-state index in [9.17, 15) is 4.39 Å². The molecule has 3 aromatic carbocycles. The largest absolute Gasteiger partial charge is 0.496 e. The van der Waals surface area contributed by atoms with Crippen LogP contribution in [-0.4, -0.2) is 27.3 Å². The fourth-order valence-electron chi connectivity index (χ4n) is 4.24. The Morgan fingerprint density at radius 1 is 1.09 bits per heavy atom. The Balaban J connectivity index is 1.82. The van der Waals surface area contributed by atoms with Crippen LogP contribution in [0.2, 0.25) is 0 Å². The highest BCUT2D eigenvalue weighted by Crippen LogP contribution is 2.31. The number of rotatable bonds is 7. The maximum absolute atomic E-state index is 14.4. The number of aromatic nitrogens is 4. The molecule has 0 fully saturated rings. The van der Waals surface area contributed by atoms with E-state index in [4.69, 9.17) is 4.74 Å². The van der Waals surface area contributed by atoms with Crippen LogP contribution in [0, 0.1) is 5.82 Å². The van der Waals surface area contributed by atoms with Crippen molar-refractivity contribution in [2.45, 2.75) is 52.2 Å². The molecule has 1 atom stereocenters. The van der Waals surface area contributed by atoms with Crippen molar-refractivity contribution in [1.29, 1.82) is 0 Å². The molecule has 4 aromatic rings. The first kappa shape index (κ1) is 22.9. The molecule has 33 heavy (non-hydrogen) atoms. The van der Waals surface area contributed by atoms with Crippen LogP contribution in [0.5, 0.6) is 5.75 Å². The van der Waals surface area contributed by atoms with Gasteiger partial charge in [-0.2, -0.15) is 0 Å². The first-order valence-corrected chi connectivity index (χ1v) is 11.2. The molecule has 6 nitrogen and oxygen atoms in total. The number of tetrazole rings is 1. The predicted molar refractivity (Wildman–Crippen MR) is 128 cm³/mol. The van der Waals surface area contributed by atoms with Crippen LogP contribution in [0.4, 0.5) is 4.39 Å². The second kappa shape index (κ2) is 9.27. The average Bonchev–Trinajstić information content (AvgIpc) is 3.30. The van der Waals surface area contributed by atoms with Gasteiger partial charge in [-0.1, -0.05) is 43.3 Å². The highest BCUT2D eigenvalue weighted by molar-refractivity contribution is 5.87. The van der Waals surface area contributed by atoms with Crippen LogP contribution in [0.15, 0.2) is 54.6 Å². The molecule has 4 rings (SSSR count). The molecule has 0 bridgehead atoms. The molecule has 0 aliphatic carbocycles. The Morgan fingerprint density at radius 3 is 2.61 bits per heavy atom. The van der Waals surface area contributed by atoms with E-state index < -0.39 is 6.04 Å². The quantitative estimate of drug-likeness (QED) is 0.423. The predicted octanol–water partition coefficient (Wildman–Crippen LogP) is 5.17. The topological polar surface area (TPSA) is 64.9 Å². The van der Waals surface area contributed by atoms with E-state index in [0.717, 1.165) is 39.6 Å². The van der Waals surface area contributed by atoms with Crippen LogP contribution in [0.1, 0.15) is 56.3 Å². The van der Waals surface area contributed by atoms with Crippen molar-refractivity contribution in [3.8, 4) is 5.75 Å². The second-order valence-corrected chi connectivity index (χ2v) is 9.10. The molecule has 1 aromatic heterocycles. The Morgan fingerprint density at radius 2 is 1.88 bits per heavy atom. The van der Waals surface area contributed by atoms with Gasteiger partial charge in [-0.3, -0.25) is 5.32 Å². The van der Waals surface area contributed by atoms with E-state index >= 15 is 0 Å². The normalized spacial score (nSPS) is 12.8. The van der Waals surface area contributed by atoms with Crippen molar-refractivity contribution in [3.05, 3.63) is 82.9 Å². The molecule has 0 aliphatic heterocycles. The lowest BCUT2D eigenvalue weighted by Crippen LogP contribution is -2.32. The standard InChI is InChI=1S/C26H30FN5O/c1-6-17-11-13-19(27)15-21(17)24(25-29-30-31-32(25)26(2,3)4)28-16-22-20-10-8-7-9-18(20)12-14-23(22)33-5/h7-15,24,28H,6,16H2,1-5H3. The lowest BCUT2D eigenvalue weighted by Gasteiger charge is -2.26. The third-order valence-electron chi connectivity index (χ3n) is 5.89. The van der Waals surface area contributed by atoms with Crippen LogP contribution in [-0.2, 0) is 18.5 Å². The Kier molecular flexibility index (Phi) is 6.42. The summed E-state index contributed by atoms with van der Waals surface area (Å²) in [7, 11) is 1.67. The molecular weight excluding hydrogens is 417 g/mol. The van der Waals surface area contributed by atoms with Gasteiger partial charge < -0.3 is 4.74 Å². The van der Waals surface area contributed by atoms with E-state index in [1.165, 1.54) is 6.07 Å². The number of fused-ring (bicyclic) bond motifs is 1. The van der Waals surface area contributed by atoms with Crippen molar-refractivity contribution >= 4 is 10.8 Å². The fraction of sp³-hybridized carbons (Fsp3) is 0.346. The monoisotopic (exact) mass is 447 g/mol. The van der Waals surface area contributed by atoms with Crippen molar-refractivity contribution in [2.24, 2.45) is 0 Å². The van der Waals surface area contributed by atoms with E-state index in [0.29, 0.717) is 12.4 Å². The first-order valence-electron chi connectivity index (χ1n) is 11.2. The Labute approximate surface area is 193 Å². The molecule has 1 heterocycles. The summed E-state index contributed by atoms with van der Waals surface area (Å²) in [5.41, 5.74) is 2.57. The summed E-state index contributed by atoms with van der Waals surface area (Å²) < 4.78 is 21.9. The van der Waals surface area contributed by atoms with Gasteiger partial charge >= 0.3 is 0 Å². The number of nitrogens with zero attached hydrogens (tertiary/aromatic N) is 4. The zero-order valence-corrected chi connectivity index (χ0v) is 19.8. The van der Waals surface area contributed by atoms with Gasteiger partial charge in [0, 0.05) is 12.1 Å². The van der Waals surface area contributed by atoms with Gasteiger partial charge in [0.15, 0.2) is 5.82 Å². The number of methoxy groups -OCH3 is 1. The van der Waals surface area contributed by atoms with Crippen LogP contribution in [0.25, 0.3) is 10.8 Å². The Hall–Kier alpha value is -3.32. The Bertz CT molecular complexity index is 1260.